The molecule has 0 amide bonds. The van der Waals surface area contributed by atoms with E-state index in [9.17, 15) is 0 Å². The highest BCUT2D eigenvalue weighted by Crippen LogP contribution is 2.18. The van der Waals surface area contributed by atoms with Crippen LogP contribution in [0.5, 0.6) is 0 Å². The van der Waals surface area contributed by atoms with Crippen LogP contribution in [0.3, 0.4) is 0 Å². The first kappa shape index (κ1) is 13.3. The number of hydrogen-bond acceptors (Lipinski definition) is 4. The summed E-state index contributed by atoms with van der Waals surface area (Å²) in [5.41, 5.74) is 1.04. The van der Waals surface area contributed by atoms with Crippen molar-refractivity contribution in [3.8, 4) is 11.4 Å². The molecule has 6 heteroatoms. The summed E-state index contributed by atoms with van der Waals surface area (Å²) in [7, 11) is 0. The zero-order chi connectivity index (χ0) is 13.0. The average Bonchev–Trinajstić information content (AvgIpc) is 2.73. The summed E-state index contributed by atoms with van der Waals surface area (Å²) in [5, 5.41) is 7.18. The van der Waals surface area contributed by atoms with E-state index in [1.54, 1.807) is 12.4 Å². The molecule has 2 rings (SSSR count). The fourth-order valence-electron chi connectivity index (χ4n) is 1.86. The molecule has 1 atom stereocenters. The Bertz CT molecular complexity index is 547. The molecule has 1 N–H and O–H groups in total. The van der Waals surface area contributed by atoms with Crippen molar-refractivity contribution < 1.29 is 0 Å². The number of hydrogen-bond donors (Lipinski definition) is 1. The van der Waals surface area contributed by atoms with Gasteiger partial charge in [-0.2, -0.15) is 16.9 Å². The molecule has 0 fully saturated rings. The summed E-state index contributed by atoms with van der Waals surface area (Å²) >= 11 is 7.15. The molecule has 96 valence electrons. The second kappa shape index (κ2) is 6.15. The minimum absolute atomic E-state index is 0.560. The van der Waals surface area contributed by atoms with Gasteiger partial charge in [0.15, 0.2) is 10.6 Å². The molecule has 0 spiro atoms. The van der Waals surface area contributed by atoms with Gasteiger partial charge in [0.25, 0.3) is 0 Å². The molecular formula is C12H16N4S2. The molecular weight excluding hydrogens is 264 g/mol. The number of aromatic nitrogens is 4. The SMILES string of the molecule is CSCC(C)Cn1c(-c2ccncc2)n[nH]c1=S. The van der Waals surface area contributed by atoms with Crippen LogP contribution in [0, 0.1) is 10.7 Å². The lowest BCUT2D eigenvalue weighted by atomic mass is 10.2. The van der Waals surface area contributed by atoms with Crippen molar-refractivity contribution in [2.45, 2.75) is 13.5 Å². The van der Waals surface area contributed by atoms with Gasteiger partial charge in [-0.3, -0.25) is 14.6 Å². The van der Waals surface area contributed by atoms with Gasteiger partial charge in [0.2, 0.25) is 0 Å². The number of rotatable bonds is 5. The number of aromatic amines is 1. The molecule has 0 aromatic carbocycles. The Morgan fingerprint density at radius 1 is 1.44 bits per heavy atom. The summed E-state index contributed by atoms with van der Waals surface area (Å²) in [4.78, 5) is 4.02. The molecule has 1 unspecified atom stereocenters. The number of thioether (sulfide) groups is 1. The molecule has 18 heavy (non-hydrogen) atoms. The van der Waals surface area contributed by atoms with Gasteiger partial charge < -0.3 is 0 Å². The predicted octanol–water partition coefficient (Wildman–Crippen LogP) is 3.00. The lowest BCUT2D eigenvalue weighted by Crippen LogP contribution is -2.11. The van der Waals surface area contributed by atoms with Crippen LogP contribution in [0.4, 0.5) is 0 Å². The van der Waals surface area contributed by atoms with Gasteiger partial charge in [-0.15, -0.1) is 0 Å². The van der Waals surface area contributed by atoms with Crippen molar-refractivity contribution in [2.75, 3.05) is 12.0 Å². The monoisotopic (exact) mass is 280 g/mol. The molecule has 2 heterocycles. The van der Waals surface area contributed by atoms with Crippen LogP contribution in [0.15, 0.2) is 24.5 Å². The van der Waals surface area contributed by atoms with Crippen LogP contribution >= 0.6 is 24.0 Å². The highest BCUT2D eigenvalue weighted by atomic mass is 32.2. The largest absolute Gasteiger partial charge is 0.300 e. The van der Waals surface area contributed by atoms with E-state index >= 15 is 0 Å². The normalized spacial score (nSPS) is 12.6. The molecule has 0 saturated carbocycles. The Balaban J connectivity index is 2.31. The Labute approximate surface area is 116 Å². The van der Waals surface area contributed by atoms with Crippen molar-refractivity contribution in [1.29, 1.82) is 0 Å². The maximum atomic E-state index is 5.30. The highest BCUT2D eigenvalue weighted by molar-refractivity contribution is 7.98. The first-order chi connectivity index (χ1) is 8.72. The van der Waals surface area contributed by atoms with Crippen LogP contribution < -0.4 is 0 Å². The zero-order valence-electron chi connectivity index (χ0n) is 10.5. The van der Waals surface area contributed by atoms with Crippen LogP contribution in [0.25, 0.3) is 11.4 Å². The van der Waals surface area contributed by atoms with Gasteiger partial charge in [0, 0.05) is 24.5 Å². The molecule has 0 aliphatic carbocycles. The van der Waals surface area contributed by atoms with E-state index < -0.39 is 0 Å². The maximum Gasteiger partial charge on any atom is 0.195 e. The van der Waals surface area contributed by atoms with Crippen molar-refractivity contribution in [3.63, 3.8) is 0 Å². The topological polar surface area (TPSA) is 46.5 Å². The first-order valence-corrected chi connectivity index (χ1v) is 7.57. The number of pyridine rings is 1. The summed E-state index contributed by atoms with van der Waals surface area (Å²) in [6, 6.07) is 3.89. The van der Waals surface area contributed by atoms with E-state index in [0.717, 1.165) is 23.7 Å². The van der Waals surface area contributed by atoms with E-state index in [1.165, 1.54) is 0 Å². The molecule has 0 bridgehead atoms. The highest BCUT2D eigenvalue weighted by Gasteiger charge is 2.11. The van der Waals surface area contributed by atoms with Gasteiger partial charge in [0.1, 0.15) is 0 Å². The van der Waals surface area contributed by atoms with Gasteiger partial charge in [-0.1, -0.05) is 6.92 Å². The minimum Gasteiger partial charge on any atom is -0.300 e. The molecule has 0 aliphatic heterocycles. The minimum atomic E-state index is 0.560. The van der Waals surface area contributed by atoms with Gasteiger partial charge in [-0.05, 0) is 42.3 Å². The summed E-state index contributed by atoms with van der Waals surface area (Å²) in [6.45, 7) is 3.11. The molecule has 2 aromatic heterocycles. The fraction of sp³-hybridized carbons (Fsp3) is 0.417. The van der Waals surface area contributed by atoms with E-state index in [-0.39, 0.29) is 0 Å². The Kier molecular flexibility index (Phi) is 4.54. The van der Waals surface area contributed by atoms with Crippen LogP contribution in [0.2, 0.25) is 0 Å². The van der Waals surface area contributed by atoms with E-state index in [0.29, 0.717) is 10.7 Å². The van der Waals surface area contributed by atoms with E-state index in [2.05, 4.69) is 32.9 Å². The van der Waals surface area contributed by atoms with Crippen molar-refractivity contribution >= 4 is 24.0 Å². The number of H-pyrrole nitrogens is 1. The smallest absolute Gasteiger partial charge is 0.195 e. The summed E-state index contributed by atoms with van der Waals surface area (Å²) in [6.07, 6.45) is 5.65. The first-order valence-electron chi connectivity index (χ1n) is 5.77. The van der Waals surface area contributed by atoms with Gasteiger partial charge in [0.05, 0.1) is 0 Å². The van der Waals surface area contributed by atoms with Crippen molar-refractivity contribution in [1.82, 2.24) is 19.7 Å². The van der Waals surface area contributed by atoms with E-state index in [4.69, 9.17) is 12.2 Å². The van der Waals surface area contributed by atoms with Crippen LogP contribution in [0.1, 0.15) is 6.92 Å². The Morgan fingerprint density at radius 3 is 2.83 bits per heavy atom. The Hall–Kier alpha value is -1.14. The second-order valence-corrected chi connectivity index (χ2v) is 5.56. The third kappa shape index (κ3) is 3.00. The third-order valence-corrected chi connectivity index (χ3v) is 3.86. The fourth-order valence-corrected chi connectivity index (χ4v) is 2.74. The van der Waals surface area contributed by atoms with E-state index in [1.807, 2.05) is 23.9 Å². The van der Waals surface area contributed by atoms with Gasteiger partial charge in [-0.25, -0.2) is 0 Å². The zero-order valence-corrected chi connectivity index (χ0v) is 12.1. The summed E-state index contributed by atoms with van der Waals surface area (Å²) < 4.78 is 2.74. The molecule has 0 radical (unpaired) electrons. The van der Waals surface area contributed by atoms with Crippen LogP contribution in [-0.2, 0) is 6.54 Å². The lowest BCUT2D eigenvalue weighted by Gasteiger charge is -2.12. The number of nitrogens with one attached hydrogen (secondary N) is 1. The van der Waals surface area contributed by atoms with Gasteiger partial charge >= 0.3 is 0 Å². The standard InChI is InChI=1S/C12H16N4S2/c1-9(8-18-2)7-16-11(14-15-12(16)17)10-3-5-13-6-4-10/h3-6,9H,7-8H2,1-2H3,(H,15,17). The summed E-state index contributed by atoms with van der Waals surface area (Å²) in [5.74, 6) is 2.56. The van der Waals surface area contributed by atoms with Crippen molar-refractivity contribution in [3.05, 3.63) is 29.3 Å². The molecule has 0 aliphatic rings. The average molecular weight is 280 g/mol. The molecule has 4 nitrogen and oxygen atoms in total. The third-order valence-electron chi connectivity index (χ3n) is 2.64. The number of nitrogens with zero attached hydrogens (tertiary/aromatic N) is 3. The quantitative estimate of drug-likeness (QED) is 0.855. The molecule has 2 aromatic rings. The predicted molar refractivity (Wildman–Crippen MR) is 78.2 cm³/mol. The van der Waals surface area contributed by atoms with Crippen LogP contribution in [-0.4, -0.2) is 31.8 Å². The Morgan fingerprint density at radius 2 is 2.17 bits per heavy atom. The maximum absolute atomic E-state index is 5.30. The molecule has 0 saturated heterocycles. The van der Waals surface area contributed by atoms with Crippen molar-refractivity contribution in [2.24, 2.45) is 5.92 Å². The lowest BCUT2D eigenvalue weighted by molar-refractivity contribution is 0.529. The second-order valence-electron chi connectivity index (χ2n) is 4.26.